The smallest absolute Gasteiger partial charge is 0.0483 e. The van der Waals surface area contributed by atoms with Crippen LogP contribution in [0, 0.1) is 5.41 Å². The minimum atomic E-state index is 0.141. The summed E-state index contributed by atoms with van der Waals surface area (Å²) in [5.41, 5.74) is 3.43. The van der Waals surface area contributed by atoms with Crippen molar-refractivity contribution in [2.75, 3.05) is 6.54 Å². The van der Waals surface area contributed by atoms with Gasteiger partial charge in [-0.1, -0.05) is 52.0 Å². The van der Waals surface area contributed by atoms with Crippen LogP contribution in [0.25, 0.3) is 0 Å². The Morgan fingerprint density at radius 2 is 1.94 bits per heavy atom. The van der Waals surface area contributed by atoms with Crippen LogP contribution in [0.1, 0.15) is 45.2 Å². The van der Waals surface area contributed by atoms with Crippen LogP contribution >= 0.6 is 0 Å². The standard InChI is InChI=1S/C15H23N/c1-5-15(14(2,3)4)13-9-7-6-8-12(13)10-11-16-15/h6-9,16H,5,10-11H2,1-4H3. The molecule has 0 radical (unpaired) electrons. The predicted molar refractivity (Wildman–Crippen MR) is 69.6 cm³/mol. The summed E-state index contributed by atoms with van der Waals surface area (Å²) in [5, 5.41) is 3.78. The molecule has 1 heteroatoms. The minimum Gasteiger partial charge on any atom is -0.307 e. The molecule has 2 rings (SSSR count). The predicted octanol–water partition coefficient (Wildman–Crippen LogP) is 3.48. The highest BCUT2D eigenvalue weighted by atomic mass is 15.0. The summed E-state index contributed by atoms with van der Waals surface area (Å²) in [6.07, 6.45) is 2.31. The van der Waals surface area contributed by atoms with Gasteiger partial charge < -0.3 is 5.32 Å². The zero-order valence-corrected chi connectivity index (χ0v) is 10.9. The van der Waals surface area contributed by atoms with Gasteiger partial charge in [0.2, 0.25) is 0 Å². The van der Waals surface area contributed by atoms with Crippen molar-refractivity contribution in [3.63, 3.8) is 0 Å². The Kier molecular flexibility index (Phi) is 2.83. The molecule has 0 saturated carbocycles. The molecule has 1 nitrogen and oxygen atoms in total. The second-order valence-corrected chi connectivity index (χ2v) is 5.84. The largest absolute Gasteiger partial charge is 0.307 e. The summed E-state index contributed by atoms with van der Waals surface area (Å²) in [7, 11) is 0. The first-order chi connectivity index (χ1) is 7.51. The molecule has 16 heavy (non-hydrogen) atoms. The summed E-state index contributed by atoms with van der Waals surface area (Å²) in [5.74, 6) is 0. The number of hydrogen-bond acceptors (Lipinski definition) is 1. The van der Waals surface area contributed by atoms with Crippen LogP contribution in [-0.2, 0) is 12.0 Å². The van der Waals surface area contributed by atoms with Crippen molar-refractivity contribution in [3.8, 4) is 0 Å². The topological polar surface area (TPSA) is 12.0 Å². The quantitative estimate of drug-likeness (QED) is 0.759. The minimum absolute atomic E-state index is 0.141. The fourth-order valence-electron chi connectivity index (χ4n) is 3.18. The van der Waals surface area contributed by atoms with Crippen LogP contribution in [0.3, 0.4) is 0 Å². The van der Waals surface area contributed by atoms with E-state index in [-0.39, 0.29) is 11.0 Å². The fraction of sp³-hybridized carbons (Fsp3) is 0.600. The van der Waals surface area contributed by atoms with Crippen molar-refractivity contribution in [2.24, 2.45) is 5.41 Å². The maximum absolute atomic E-state index is 3.78. The van der Waals surface area contributed by atoms with Gasteiger partial charge in [0.05, 0.1) is 0 Å². The number of hydrogen-bond donors (Lipinski definition) is 1. The number of rotatable bonds is 1. The van der Waals surface area contributed by atoms with E-state index in [2.05, 4.69) is 57.3 Å². The summed E-state index contributed by atoms with van der Waals surface area (Å²) in [6, 6.07) is 8.91. The highest BCUT2D eigenvalue weighted by molar-refractivity contribution is 5.37. The highest BCUT2D eigenvalue weighted by Crippen LogP contribution is 2.44. The van der Waals surface area contributed by atoms with Gasteiger partial charge in [0.15, 0.2) is 0 Å². The third-order valence-electron chi connectivity index (χ3n) is 4.11. The number of benzene rings is 1. The van der Waals surface area contributed by atoms with Crippen molar-refractivity contribution in [3.05, 3.63) is 35.4 Å². The molecule has 1 heterocycles. The van der Waals surface area contributed by atoms with Gasteiger partial charge in [-0.3, -0.25) is 0 Å². The molecule has 1 N–H and O–H groups in total. The van der Waals surface area contributed by atoms with Crippen LogP contribution in [0.5, 0.6) is 0 Å². The van der Waals surface area contributed by atoms with E-state index >= 15 is 0 Å². The molecule has 1 unspecified atom stereocenters. The van der Waals surface area contributed by atoms with E-state index in [1.54, 1.807) is 0 Å². The number of nitrogens with one attached hydrogen (secondary N) is 1. The molecular weight excluding hydrogens is 194 g/mol. The average Bonchev–Trinajstić information content (AvgIpc) is 2.26. The molecule has 0 saturated heterocycles. The molecule has 0 aromatic heterocycles. The second kappa shape index (κ2) is 3.89. The van der Waals surface area contributed by atoms with Gasteiger partial charge >= 0.3 is 0 Å². The van der Waals surface area contributed by atoms with E-state index in [4.69, 9.17) is 0 Å². The average molecular weight is 217 g/mol. The van der Waals surface area contributed by atoms with E-state index in [0.717, 1.165) is 19.4 Å². The molecule has 0 fully saturated rings. The Hall–Kier alpha value is -0.820. The lowest BCUT2D eigenvalue weighted by Crippen LogP contribution is -2.55. The third kappa shape index (κ3) is 1.58. The molecule has 1 aromatic carbocycles. The van der Waals surface area contributed by atoms with Crippen molar-refractivity contribution >= 4 is 0 Å². The van der Waals surface area contributed by atoms with Crippen molar-refractivity contribution in [1.29, 1.82) is 0 Å². The molecule has 1 aliphatic heterocycles. The molecule has 1 atom stereocenters. The van der Waals surface area contributed by atoms with Crippen LogP contribution < -0.4 is 5.32 Å². The summed E-state index contributed by atoms with van der Waals surface area (Å²) >= 11 is 0. The van der Waals surface area contributed by atoms with Gasteiger partial charge in [-0.2, -0.15) is 0 Å². The van der Waals surface area contributed by atoms with Crippen LogP contribution in [0.2, 0.25) is 0 Å². The van der Waals surface area contributed by atoms with Gasteiger partial charge in [-0.05, 0) is 29.4 Å². The van der Waals surface area contributed by atoms with E-state index in [1.165, 1.54) is 11.1 Å². The lowest BCUT2D eigenvalue weighted by Gasteiger charge is -2.49. The first-order valence-electron chi connectivity index (χ1n) is 6.35. The van der Waals surface area contributed by atoms with Gasteiger partial charge in [-0.15, -0.1) is 0 Å². The van der Waals surface area contributed by atoms with E-state index in [1.807, 2.05) is 0 Å². The van der Waals surface area contributed by atoms with E-state index < -0.39 is 0 Å². The van der Waals surface area contributed by atoms with Crippen LogP contribution in [-0.4, -0.2) is 6.54 Å². The molecule has 0 bridgehead atoms. The molecule has 88 valence electrons. The normalized spacial score (nSPS) is 25.2. The molecular formula is C15H23N. The lowest BCUT2D eigenvalue weighted by molar-refractivity contribution is 0.121. The molecule has 0 aliphatic carbocycles. The number of fused-ring (bicyclic) bond motifs is 1. The Labute approximate surface area is 99.3 Å². The second-order valence-electron chi connectivity index (χ2n) is 5.84. The Morgan fingerprint density at radius 1 is 1.25 bits per heavy atom. The maximum Gasteiger partial charge on any atom is 0.0483 e. The first kappa shape index (κ1) is 11.7. The van der Waals surface area contributed by atoms with Crippen molar-refractivity contribution in [1.82, 2.24) is 5.32 Å². The lowest BCUT2D eigenvalue weighted by atomic mass is 9.65. The van der Waals surface area contributed by atoms with E-state index in [0.29, 0.717) is 0 Å². The van der Waals surface area contributed by atoms with Crippen LogP contribution in [0.4, 0.5) is 0 Å². The van der Waals surface area contributed by atoms with Gasteiger partial charge in [0.1, 0.15) is 0 Å². The van der Waals surface area contributed by atoms with Gasteiger partial charge in [0, 0.05) is 12.1 Å². The summed E-state index contributed by atoms with van der Waals surface area (Å²) in [4.78, 5) is 0. The maximum atomic E-state index is 3.78. The van der Waals surface area contributed by atoms with Gasteiger partial charge in [-0.25, -0.2) is 0 Å². The molecule has 0 spiro atoms. The Morgan fingerprint density at radius 3 is 2.56 bits per heavy atom. The zero-order chi connectivity index (χ0) is 11.8. The van der Waals surface area contributed by atoms with E-state index in [9.17, 15) is 0 Å². The third-order valence-corrected chi connectivity index (χ3v) is 4.11. The Bertz CT molecular complexity index is 375. The SMILES string of the molecule is CCC1(C(C)(C)C)NCCc2ccccc21. The molecule has 1 aliphatic rings. The Balaban J connectivity index is 2.58. The fourth-order valence-corrected chi connectivity index (χ4v) is 3.18. The van der Waals surface area contributed by atoms with Gasteiger partial charge in [0.25, 0.3) is 0 Å². The summed E-state index contributed by atoms with van der Waals surface area (Å²) in [6.45, 7) is 10.4. The highest BCUT2D eigenvalue weighted by Gasteiger charge is 2.44. The molecule has 0 amide bonds. The molecule has 1 aromatic rings. The van der Waals surface area contributed by atoms with Crippen molar-refractivity contribution in [2.45, 2.75) is 46.1 Å². The first-order valence-corrected chi connectivity index (χ1v) is 6.35. The summed E-state index contributed by atoms with van der Waals surface area (Å²) < 4.78 is 0. The zero-order valence-electron chi connectivity index (χ0n) is 10.9. The monoisotopic (exact) mass is 217 g/mol. The van der Waals surface area contributed by atoms with Crippen LogP contribution in [0.15, 0.2) is 24.3 Å². The van der Waals surface area contributed by atoms with Crippen molar-refractivity contribution < 1.29 is 0 Å².